The maximum atomic E-state index is 11.7. The molecule has 1 rings (SSSR count). The summed E-state index contributed by atoms with van der Waals surface area (Å²) in [4.78, 5) is 22.0. The van der Waals surface area contributed by atoms with E-state index in [2.05, 4.69) is 0 Å². The van der Waals surface area contributed by atoms with Crippen LogP contribution in [0.3, 0.4) is 0 Å². The van der Waals surface area contributed by atoms with E-state index in [-0.39, 0.29) is 5.56 Å². The zero-order chi connectivity index (χ0) is 12.8. The van der Waals surface area contributed by atoms with E-state index in [1.54, 1.807) is 12.1 Å². The third-order valence-corrected chi connectivity index (χ3v) is 2.05. The van der Waals surface area contributed by atoms with Gasteiger partial charge in [-0.1, -0.05) is 0 Å². The lowest BCUT2D eigenvalue weighted by Gasteiger charge is -2.07. The summed E-state index contributed by atoms with van der Waals surface area (Å²) in [5.41, 5.74) is 0.283. The van der Waals surface area contributed by atoms with E-state index in [0.29, 0.717) is 11.5 Å². The molecule has 0 spiro atoms. The fraction of sp³-hybridized carbons (Fsp3) is 0.167. The Morgan fingerprint density at radius 3 is 2.41 bits per heavy atom. The summed E-state index contributed by atoms with van der Waals surface area (Å²) in [7, 11) is 2.92. The highest BCUT2D eigenvalue weighted by molar-refractivity contribution is 6.08. The van der Waals surface area contributed by atoms with Gasteiger partial charge in [0.15, 0.2) is 5.78 Å². The first-order valence-electron chi connectivity index (χ1n) is 4.76. The van der Waals surface area contributed by atoms with Gasteiger partial charge in [-0.05, 0) is 18.2 Å². The molecule has 0 saturated heterocycles. The number of hydrogen-bond acceptors (Lipinski definition) is 4. The largest absolute Gasteiger partial charge is 0.497 e. The molecule has 0 bridgehead atoms. The number of carbonyl (C=O) groups is 2. The standard InChI is InChI=1S/C12H12O5/c1-16-8-3-4-9(11(7-8)17-2)10(13)5-6-12(14)15/h3-7H,1-2H3,(H,14,15)/b6-5+. The molecule has 1 aromatic rings. The molecule has 0 aliphatic carbocycles. The van der Waals surface area contributed by atoms with Crippen LogP contribution in [0, 0.1) is 0 Å². The number of aliphatic carboxylic acids is 1. The maximum Gasteiger partial charge on any atom is 0.328 e. The Bertz CT molecular complexity index is 462. The minimum absolute atomic E-state index is 0.283. The van der Waals surface area contributed by atoms with Crippen LogP contribution in [0.4, 0.5) is 0 Å². The van der Waals surface area contributed by atoms with Crippen LogP contribution in [0.2, 0.25) is 0 Å². The number of carboxylic acid groups (broad SMARTS) is 1. The Morgan fingerprint density at radius 1 is 1.18 bits per heavy atom. The third kappa shape index (κ3) is 3.34. The van der Waals surface area contributed by atoms with E-state index >= 15 is 0 Å². The SMILES string of the molecule is COc1ccc(C(=O)/C=C/C(=O)O)c(OC)c1. The Morgan fingerprint density at radius 2 is 1.88 bits per heavy atom. The molecule has 0 atom stereocenters. The molecular weight excluding hydrogens is 224 g/mol. The van der Waals surface area contributed by atoms with Gasteiger partial charge in [0.05, 0.1) is 19.8 Å². The number of carbonyl (C=O) groups excluding carboxylic acids is 1. The minimum Gasteiger partial charge on any atom is -0.497 e. The molecule has 0 saturated carbocycles. The number of ether oxygens (including phenoxy) is 2. The van der Waals surface area contributed by atoms with Crippen molar-refractivity contribution in [2.75, 3.05) is 14.2 Å². The van der Waals surface area contributed by atoms with E-state index in [1.807, 2.05) is 0 Å². The fourth-order valence-electron chi connectivity index (χ4n) is 1.24. The number of hydrogen-bond donors (Lipinski definition) is 1. The number of benzene rings is 1. The Labute approximate surface area is 98.3 Å². The molecule has 0 aromatic heterocycles. The molecule has 1 aromatic carbocycles. The van der Waals surface area contributed by atoms with Gasteiger partial charge >= 0.3 is 5.97 Å². The van der Waals surface area contributed by atoms with Gasteiger partial charge < -0.3 is 14.6 Å². The van der Waals surface area contributed by atoms with Gasteiger partial charge in [-0.25, -0.2) is 4.79 Å². The molecule has 0 heterocycles. The monoisotopic (exact) mass is 236 g/mol. The van der Waals surface area contributed by atoms with Gasteiger partial charge in [-0.2, -0.15) is 0 Å². The maximum absolute atomic E-state index is 11.7. The summed E-state index contributed by atoms with van der Waals surface area (Å²) in [5, 5.41) is 8.43. The number of ketones is 1. The Hall–Kier alpha value is -2.30. The molecule has 0 amide bonds. The Kier molecular flexibility index (Phi) is 4.28. The molecule has 5 nitrogen and oxygen atoms in total. The normalized spacial score (nSPS) is 10.2. The predicted molar refractivity (Wildman–Crippen MR) is 60.7 cm³/mol. The minimum atomic E-state index is -1.18. The molecule has 5 heteroatoms. The molecule has 17 heavy (non-hydrogen) atoms. The van der Waals surface area contributed by atoms with Crippen LogP contribution in [0.15, 0.2) is 30.4 Å². The van der Waals surface area contributed by atoms with Gasteiger partial charge in [0.2, 0.25) is 0 Å². The summed E-state index contributed by atoms with van der Waals surface area (Å²) in [6, 6.07) is 4.68. The van der Waals surface area contributed by atoms with Gasteiger partial charge in [0.25, 0.3) is 0 Å². The van der Waals surface area contributed by atoms with Crippen molar-refractivity contribution in [3.63, 3.8) is 0 Å². The van der Waals surface area contributed by atoms with Crippen LogP contribution >= 0.6 is 0 Å². The molecule has 1 N–H and O–H groups in total. The zero-order valence-electron chi connectivity index (χ0n) is 9.47. The zero-order valence-corrected chi connectivity index (χ0v) is 9.47. The highest BCUT2D eigenvalue weighted by Gasteiger charge is 2.10. The average Bonchev–Trinajstić information content (AvgIpc) is 2.34. The summed E-state index contributed by atoms with van der Waals surface area (Å²) in [6.45, 7) is 0. The lowest BCUT2D eigenvalue weighted by Crippen LogP contribution is -2.00. The first-order valence-corrected chi connectivity index (χ1v) is 4.76. The molecule has 0 unspecified atom stereocenters. The highest BCUT2D eigenvalue weighted by Crippen LogP contribution is 2.25. The van der Waals surface area contributed by atoms with Crippen LogP contribution < -0.4 is 9.47 Å². The fourth-order valence-corrected chi connectivity index (χ4v) is 1.24. The van der Waals surface area contributed by atoms with Crippen LogP contribution in [0.1, 0.15) is 10.4 Å². The van der Waals surface area contributed by atoms with Crippen molar-refractivity contribution in [2.45, 2.75) is 0 Å². The van der Waals surface area contributed by atoms with Crippen molar-refractivity contribution >= 4 is 11.8 Å². The van der Waals surface area contributed by atoms with Crippen molar-refractivity contribution in [2.24, 2.45) is 0 Å². The van der Waals surface area contributed by atoms with Gasteiger partial charge in [0, 0.05) is 12.1 Å². The predicted octanol–water partition coefficient (Wildman–Crippen LogP) is 1.53. The van der Waals surface area contributed by atoms with Crippen molar-refractivity contribution in [1.82, 2.24) is 0 Å². The molecule has 0 radical (unpaired) electrons. The van der Waals surface area contributed by atoms with E-state index < -0.39 is 11.8 Å². The molecule has 0 fully saturated rings. The van der Waals surface area contributed by atoms with Gasteiger partial charge in [-0.3, -0.25) is 4.79 Å². The second-order valence-corrected chi connectivity index (χ2v) is 3.10. The topological polar surface area (TPSA) is 72.8 Å². The molecule has 0 aliphatic rings. The van der Waals surface area contributed by atoms with Crippen LogP contribution in [-0.2, 0) is 4.79 Å². The van der Waals surface area contributed by atoms with Crippen molar-refractivity contribution < 1.29 is 24.2 Å². The van der Waals surface area contributed by atoms with Crippen LogP contribution in [0.5, 0.6) is 11.5 Å². The quantitative estimate of drug-likeness (QED) is 0.620. The van der Waals surface area contributed by atoms with E-state index in [9.17, 15) is 9.59 Å². The van der Waals surface area contributed by atoms with E-state index in [0.717, 1.165) is 12.2 Å². The van der Waals surface area contributed by atoms with Crippen molar-refractivity contribution in [3.05, 3.63) is 35.9 Å². The second-order valence-electron chi connectivity index (χ2n) is 3.10. The lowest BCUT2D eigenvalue weighted by molar-refractivity contribution is -0.131. The summed E-state index contributed by atoms with van der Waals surface area (Å²) >= 11 is 0. The smallest absolute Gasteiger partial charge is 0.328 e. The van der Waals surface area contributed by atoms with Crippen molar-refractivity contribution in [3.8, 4) is 11.5 Å². The third-order valence-electron chi connectivity index (χ3n) is 2.05. The number of allylic oxidation sites excluding steroid dienone is 1. The van der Waals surface area contributed by atoms with Crippen LogP contribution in [0.25, 0.3) is 0 Å². The lowest BCUT2D eigenvalue weighted by atomic mass is 10.1. The van der Waals surface area contributed by atoms with Crippen LogP contribution in [-0.4, -0.2) is 31.1 Å². The molecular formula is C12H12O5. The van der Waals surface area contributed by atoms with Gasteiger partial charge in [-0.15, -0.1) is 0 Å². The summed E-state index contributed by atoms with van der Waals surface area (Å²) < 4.78 is 10.0. The number of carboxylic acids is 1. The first-order chi connectivity index (χ1) is 8.08. The van der Waals surface area contributed by atoms with Gasteiger partial charge in [0.1, 0.15) is 11.5 Å². The Balaban J connectivity index is 3.05. The average molecular weight is 236 g/mol. The van der Waals surface area contributed by atoms with Crippen molar-refractivity contribution in [1.29, 1.82) is 0 Å². The highest BCUT2D eigenvalue weighted by atomic mass is 16.5. The molecule has 0 aliphatic heterocycles. The number of rotatable bonds is 5. The van der Waals surface area contributed by atoms with E-state index in [1.165, 1.54) is 20.3 Å². The molecule has 90 valence electrons. The summed E-state index contributed by atoms with van der Waals surface area (Å²) in [6.07, 6.45) is 1.76. The van der Waals surface area contributed by atoms with E-state index in [4.69, 9.17) is 14.6 Å². The summed E-state index contributed by atoms with van der Waals surface area (Å²) in [5.74, 6) is -0.720. The number of methoxy groups -OCH3 is 2. The first kappa shape index (κ1) is 12.8. The second kappa shape index (κ2) is 5.69.